The lowest BCUT2D eigenvalue weighted by atomic mass is 10.0. The molecule has 0 aromatic heterocycles. The highest BCUT2D eigenvalue weighted by molar-refractivity contribution is 5.74. The minimum Gasteiger partial charge on any atom is -0.396 e. The molecule has 1 atom stereocenters. The molecule has 0 aliphatic carbocycles. The van der Waals surface area contributed by atoms with Gasteiger partial charge < -0.3 is 14.9 Å². The van der Waals surface area contributed by atoms with E-state index in [2.05, 4.69) is 6.92 Å². The van der Waals surface area contributed by atoms with Gasteiger partial charge in [-0.25, -0.2) is 4.79 Å². The van der Waals surface area contributed by atoms with Gasteiger partial charge in [0.1, 0.15) is 0 Å². The summed E-state index contributed by atoms with van der Waals surface area (Å²) in [5, 5.41) is 17.7. The number of unbranched alkanes of at least 4 members (excludes halogenated alkanes) is 35. The van der Waals surface area contributed by atoms with E-state index in [1.807, 2.05) is 0 Å². The summed E-state index contributed by atoms with van der Waals surface area (Å²) in [5.41, 5.74) is 0. The van der Waals surface area contributed by atoms with Crippen molar-refractivity contribution >= 4 is 5.97 Å². The molecule has 2 N–H and O–H groups in total. The first-order valence-electron chi connectivity index (χ1n) is 23.4. The maximum absolute atomic E-state index is 12.9. The van der Waals surface area contributed by atoms with Crippen molar-refractivity contribution in [3.05, 3.63) is 0 Å². The van der Waals surface area contributed by atoms with E-state index in [-0.39, 0.29) is 5.97 Å². The summed E-state index contributed by atoms with van der Waals surface area (Å²) in [6, 6.07) is 0. The van der Waals surface area contributed by atoms with Crippen LogP contribution in [0.4, 0.5) is 0 Å². The second kappa shape index (κ2) is 46.5. The molecular weight excluding hydrogens is 649 g/mol. The quantitative estimate of drug-likeness (QED) is 0.0367. The van der Waals surface area contributed by atoms with Crippen LogP contribution in [0.1, 0.15) is 257 Å². The minimum absolute atomic E-state index is 0.341. The number of aliphatic hydroxyl groups excluding tert-OH is 2. The Hall–Kier alpha value is -0.690. The molecule has 6 heteroatoms. The molecule has 0 heterocycles. The number of rotatable bonds is 46. The van der Waals surface area contributed by atoms with Crippen molar-refractivity contribution in [2.75, 3.05) is 26.4 Å². The molecule has 0 bridgehead atoms. The third-order valence-electron chi connectivity index (χ3n) is 10.7. The third kappa shape index (κ3) is 42.1. The van der Waals surface area contributed by atoms with Gasteiger partial charge in [-0.15, -0.1) is 0 Å². The average Bonchev–Trinajstić information content (AvgIpc) is 3.15. The molecule has 0 rings (SSSR count). The van der Waals surface area contributed by atoms with Gasteiger partial charge in [0.25, 0.3) is 0 Å². The zero-order chi connectivity index (χ0) is 37.7. The molecule has 0 fully saturated rings. The molecule has 0 aliphatic rings. The first-order valence-corrected chi connectivity index (χ1v) is 23.4. The molecule has 1 unspecified atom stereocenters. The van der Waals surface area contributed by atoms with Gasteiger partial charge in [0, 0.05) is 19.8 Å². The molecule has 52 heavy (non-hydrogen) atoms. The number of hydrogen-bond donors (Lipinski definition) is 2. The molecule has 0 aliphatic heterocycles. The van der Waals surface area contributed by atoms with E-state index in [0.29, 0.717) is 26.4 Å². The van der Waals surface area contributed by atoms with Gasteiger partial charge in [-0.1, -0.05) is 225 Å². The van der Waals surface area contributed by atoms with Gasteiger partial charge in [-0.3, -0.25) is 4.89 Å². The van der Waals surface area contributed by atoms with Crippen molar-refractivity contribution in [2.45, 2.75) is 263 Å². The highest BCUT2D eigenvalue weighted by Gasteiger charge is 2.21. The van der Waals surface area contributed by atoms with Crippen LogP contribution in [-0.2, 0) is 19.3 Å². The number of carbonyl (C=O) groups is 1. The molecule has 312 valence electrons. The number of ether oxygens (including phenoxy) is 1. The van der Waals surface area contributed by atoms with Gasteiger partial charge in [0.05, 0.1) is 6.61 Å². The Morgan fingerprint density at radius 1 is 0.385 bits per heavy atom. The second-order valence-corrected chi connectivity index (χ2v) is 15.9. The minimum atomic E-state index is -0.502. The van der Waals surface area contributed by atoms with Gasteiger partial charge >= 0.3 is 5.97 Å². The number of aliphatic hydroxyl groups is 2. The van der Waals surface area contributed by atoms with Gasteiger partial charge in [0.2, 0.25) is 0 Å². The summed E-state index contributed by atoms with van der Waals surface area (Å²) in [6.45, 7) is 4.05. The van der Waals surface area contributed by atoms with E-state index in [4.69, 9.17) is 24.7 Å². The molecule has 0 radical (unpaired) electrons. The molecule has 0 aromatic rings. The summed E-state index contributed by atoms with van der Waals surface area (Å²) in [5.74, 6) is -0.341. The topological polar surface area (TPSA) is 85.2 Å². The monoisotopic (exact) mass is 741 g/mol. The molecule has 0 saturated heterocycles. The van der Waals surface area contributed by atoms with E-state index >= 15 is 0 Å². The molecule has 0 saturated carbocycles. The van der Waals surface area contributed by atoms with Gasteiger partial charge in [-0.05, 0) is 32.1 Å². The lowest BCUT2D eigenvalue weighted by Crippen LogP contribution is -2.27. The van der Waals surface area contributed by atoms with Crippen LogP contribution in [0.15, 0.2) is 0 Å². The maximum Gasteiger partial charge on any atom is 0.370 e. The molecular formula is C46H92O6. The van der Waals surface area contributed by atoms with E-state index in [0.717, 1.165) is 51.4 Å². The lowest BCUT2D eigenvalue weighted by Gasteiger charge is -2.16. The van der Waals surface area contributed by atoms with Crippen molar-refractivity contribution in [3.63, 3.8) is 0 Å². The summed E-state index contributed by atoms with van der Waals surface area (Å²) in [6.07, 6.45) is 48.0. The first-order chi connectivity index (χ1) is 25.8. The Labute approximate surface area is 324 Å². The zero-order valence-electron chi connectivity index (χ0n) is 35.0. The molecule has 0 aromatic carbocycles. The Morgan fingerprint density at radius 2 is 0.673 bits per heavy atom. The zero-order valence-corrected chi connectivity index (χ0v) is 35.0. The van der Waals surface area contributed by atoms with Crippen LogP contribution in [0, 0.1) is 0 Å². The second-order valence-electron chi connectivity index (χ2n) is 15.9. The van der Waals surface area contributed by atoms with E-state index in [1.165, 1.54) is 199 Å². The highest BCUT2D eigenvalue weighted by atomic mass is 17.2. The van der Waals surface area contributed by atoms with Crippen molar-refractivity contribution in [3.8, 4) is 0 Å². The molecule has 6 nitrogen and oxygen atoms in total. The maximum atomic E-state index is 12.9. The van der Waals surface area contributed by atoms with Crippen LogP contribution >= 0.6 is 0 Å². The van der Waals surface area contributed by atoms with Crippen LogP contribution in [0.3, 0.4) is 0 Å². The van der Waals surface area contributed by atoms with Crippen LogP contribution in [-0.4, -0.2) is 48.7 Å². The van der Waals surface area contributed by atoms with Crippen molar-refractivity contribution in [2.24, 2.45) is 0 Å². The fraction of sp³-hybridized carbons (Fsp3) is 0.978. The summed E-state index contributed by atoms with van der Waals surface area (Å²) in [4.78, 5) is 23.5. The first kappa shape index (κ1) is 51.3. The smallest absolute Gasteiger partial charge is 0.370 e. The number of carbonyl (C=O) groups excluding carboxylic acids is 1. The number of hydrogen-bond acceptors (Lipinski definition) is 6. The Kier molecular flexibility index (Phi) is 45.8. The summed E-state index contributed by atoms with van der Waals surface area (Å²) in [7, 11) is 0. The third-order valence-corrected chi connectivity index (χ3v) is 10.7. The normalized spacial score (nSPS) is 12.1. The van der Waals surface area contributed by atoms with E-state index < -0.39 is 6.10 Å². The Balaban J connectivity index is 3.91. The summed E-state index contributed by atoms with van der Waals surface area (Å²) >= 11 is 0. The van der Waals surface area contributed by atoms with E-state index in [1.54, 1.807) is 0 Å². The highest BCUT2D eigenvalue weighted by Crippen LogP contribution is 2.17. The predicted octanol–water partition coefficient (Wildman–Crippen LogP) is 14.1. The van der Waals surface area contributed by atoms with Crippen LogP contribution in [0.25, 0.3) is 0 Å². The average molecular weight is 741 g/mol. The van der Waals surface area contributed by atoms with Crippen LogP contribution in [0.5, 0.6) is 0 Å². The standard InChI is InChI=1S/C46H92O6/c1-2-3-4-5-6-25-30-35-40-45(50-43-38-33-28-23-19-15-11-7-9-13-17-21-26-31-36-41-47)46(49)52-51-44-39-34-29-24-20-16-12-8-10-14-18-22-27-32-37-42-48/h45,47-48H,2-44H2,1H3. The Bertz CT molecular complexity index is 659. The predicted molar refractivity (Wildman–Crippen MR) is 222 cm³/mol. The van der Waals surface area contributed by atoms with Crippen LogP contribution < -0.4 is 0 Å². The molecule has 0 spiro atoms. The fourth-order valence-corrected chi connectivity index (χ4v) is 7.19. The van der Waals surface area contributed by atoms with E-state index in [9.17, 15) is 4.79 Å². The SMILES string of the molecule is CCCCCCCCCCC(OCCCCCCCCCCCCCCCCCO)C(=O)OOCCCCCCCCCCCCCCCCCO. The fourth-order valence-electron chi connectivity index (χ4n) is 7.19. The lowest BCUT2D eigenvalue weighted by molar-refractivity contribution is -0.280. The van der Waals surface area contributed by atoms with Gasteiger partial charge in [0.15, 0.2) is 6.10 Å². The largest absolute Gasteiger partial charge is 0.396 e. The van der Waals surface area contributed by atoms with Crippen molar-refractivity contribution < 1.29 is 29.5 Å². The van der Waals surface area contributed by atoms with Gasteiger partial charge in [-0.2, -0.15) is 4.89 Å². The Morgan fingerprint density at radius 3 is 1.02 bits per heavy atom. The van der Waals surface area contributed by atoms with Crippen molar-refractivity contribution in [1.29, 1.82) is 0 Å². The summed E-state index contributed by atoms with van der Waals surface area (Å²) < 4.78 is 6.10. The van der Waals surface area contributed by atoms with Crippen LogP contribution in [0.2, 0.25) is 0 Å². The molecule has 0 amide bonds. The van der Waals surface area contributed by atoms with Crippen molar-refractivity contribution in [1.82, 2.24) is 0 Å².